The molecule has 4 rings (SSSR count). The lowest BCUT2D eigenvalue weighted by Gasteiger charge is -2.36. The van der Waals surface area contributed by atoms with Crippen molar-refractivity contribution in [3.05, 3.63) is 65.4 Å². The predicted molar refractivity (Wildman–Crippen MR) is 107 cm³/mol. The summed E-state index contributed by atoms with van der Waals surface area (Å²) in [6, 6.07) is 16.8. The van der Waals surface area contributed by atoms with Gasteiger partial charge in [0.15, 0.2) is 0 Å². The summed E-state index contributed by atoms with van der Waals surface area (Å²) in [6.07, 6.45) is 0.473. The number of aryl methyl sites for hydroxylation is 2. The minimum atomic E-state index is 0.225. The lowest BCUT2D eigenvalue weighted by atomic mass is 10.0. The van der Waals surface area contributed by atoms with Crippen LogP contribution >= 0.6 is 0 Å². The first-order valence-electron chi connectivity index (χ1n) is 9.27. The number of rotatable bonds is 3. The molecule has 3 aromatic rings. The molecular formula is C22H25N3O. The summed E-state index contributed by atoms with van der Waals surface area (Å²) in [6.45, 7) is 7.51. The van der Waals surface area contributed by atoms with Crippen molar-refractivity contribution in [2.75, 3.05) is 31.1 Å². The van der Waals surface area contributed by atoms with E-state index in [0.29, 0.717) is 6.42 Å². The Morgan fingerprint density at radius 3 is 2.46 bits per heavy atom. The number of H-pyrrole nitrogens is 1. The highest BCUT2D eigenvalue weighted by molar-refractivity contribution is 5.90. The molecule has 2 heterocycles. The average molecular weight is 347 g/mol. The molecule has 4 heteroatoms. The van der Waals surface area contributed by atoms with E-state index in [0.717, 1.165) is 43.0 Å². The lowest BCUT2D eigenvalue weighted by molar-refractivity contribution is -0.130. The van der Waals surface area contributed by atoms with Crippen molar-refractivity contribution in [2.24, 2.45) is 0 Å². The van der Waals surface area contributed by atoms with Crippen LogP contribution in [0.2, 0.25) is 0 Å². The van der Waals surface area contributed by atoms with E-state index in [2.05, 4.69) is 66.2 Å². The van der Waals surface area contributed by atoms with Crippen molar-refractivity contribution in [2.45, 2.75) is 20.3 Å². The summed E-state index contributed by atoms with van der Waals surface area (Å²) in [5.74, 6) is 0.225. The number of piperazine rings is 1. The Hall–Kier alpha value is -2.75. The highest BCUT2D eigenvalue weighted by atomic mass is 16.2. The summed E-state index contributed by atoms with van der Waals surface area (Å²) >= 11 is 0. The number of benzene rings is 2. The Kier molecular flexibility index (Phi) is 4.41. The Morgan fingerprint density at radius 2 is 1.73 bits per heavy atom. The third-order valence-electron chi connectivity index (χ3n) is 5.36. The largest absolute Gasteiger partial charge is 0.368 e. The van der Waals surface area contributed by atoms with E-state index in [-0.39, 0.29) is 5.91 Å². The molecule has 0 bridgehead atoms. The number of fused-ring (bicyclic) bond motifs is 1. The van der Waals surface area contributed by atoms with Gasteiger partial charge in [-0.3, -0.25) is 4.79 Å². The molecule has 0 aliphatic carbocycles. The first-order valence-corrected chi connectivity index (χ1v) is 9.27. The number of para-hydroxylation sites is 1. The molecule has 1 aliphatic rings. The van der Waals surface area contributed by atoms with E-state index in [1.807, 2.05) is 11.0 Å². The van der Waals surface area contributed by atoms with Crippen LogP contribution in [0.5, 0.6) is 0 Å². The van der Waals surface area contributed by atoms with Gasteiger partial charge in [-0.1, -0.05) is 29.8 Å². The molecule has 1 aliphatic heterocycles. The second kappa shape index (κ2) is 6.87. The van der Waals surface area contributed by atoms with E-state index >= 15 is 0 Å². The van der Waals surface area contributed by atoms with Gasteiger partial charge in [-0.2, -0.15) is 0 Å². The van der Waals surface area contributed by atoms with Gasteiger partial charge in [0.05, 0.1) is 6.42 Å². The Bertz CT molecular complexity index is 921. The number of hydrogen-bond donors (Lipinski definition) is 1. The maximum absolute atomic E-state index is 12.9. The van der Waals surface area contributed by atoms with Crippen molar-refractivity contribution in [1.29, 1.82) is 0 Å². The summed E-state index contributed by atoms with van der Waals surface area (Å²) in [5.41, 5.74) is 5.81. The molecule has 0 radical (unpaired) electrons. The van der Waals surface area contributed by atoms with Gasteiger partial charge in [-0.05, 0) is 43.7 Å². The zero-order valence-corrected chi connectivity index (χ0v) is 15.5. The minimum Gasteiger partial charge on any atom is -0.368 e. The predicted octanol–water partition coefficient (Wildman–Crippen LogP) is 3.68. The molecule has 1 fully saturated rings. The normalized spacial score (nSPS) is 14.8. The molecule has 1 aromatic heterocycles. The van der Waals surface area contributed by atoms with Gasteiger partial charge >= 0.3 is 0 Å². The van der Waals surface area contributed by atoms with E-state index in [4.69, 9.17) is 0 Å². The monoisotopic (exact) mass is 347 g/mol. The fourth-order valence-corrected chi connectivity index (χ4v) is 3.84. The highest BCUT2D eigenvalue weighted by Gasteiger charge is 2.23. The molecular weight excluding hydrogens is 322 g/mol. The number of amides is 1. The number of carbonyl (C=O) groups is 1. The lowest BCUT2D eigenvalue weighted by Crippen LogP contribution is -2.49. The number of nitrogens with zero attached hydrogens (tertiary/aromatic N) is 2. The number of carbonyl (C=O) groups excluding carboxylic acids is 1. The van der Waals surface area contributed by atoms with Crippen LogP contribution in [0.4, 0.5) is 5.69 Å². The van der Waals surface area contributed by atoms with Gasteiger partial charge in [0, 0.05) is 48.5 Å². The molecule has 0 saturated carbocycles. The third-order valence-corrected chi connectivity index (χ3v) is 5.36. The molecule has 1 amide bonds. The second-order valence-corrected chi connectivity index (χ2v) is 7.16. The van der Waals surface area contributed by atoms with E-state index in [1.165, 1.54) is 16.6 Å². The first kappa shape index (κ1) is 16.7. The molecule has 1 saturated heterocycles. The molecule has 1 N–H and O–H groups in total. The van der Waals surface area contributed by atoms with Crippen molar-refractivity contribution in [3.63, 3.8) is 0 Å². The highest BCUT2D eigenvalue weighted by Crippen LogP contribution is 2.24. The van der Waals surface area contributed by atoms with Crippen LogP contribution in [-0.2, 0) is 11.2 Å². The van der Waals surface area contributed by atoms with Gasteiger partial charge in [-0.15, -0.1) is 0 Å². The van der Waals surface area contributed by atoms with Crippen molar-refractivity contribution >= 4 is 22.5 Å². The van der Waals surface area contributed by atoms with Gasteiger partial charge in [0.25, 0.3) is 0 Å². The summed E-state index contributed by atoms with van der Waals surface area (Å²) in [5, 5.41) is 1.18. The zero-order valence-electron chi connectivity index (χ0n) is 15.5. The molecule has 26 heavy (non-hydrogen) atoms. The zero-order chi connectivity index (χ0) is 18.1. The van der Waals surface area contributed by atoms with Crippen LogP contribution in [-0.4, -0.2) is 42.0 Å². The minimum absolute atomic E-state index is 0.225. The number of aromatic nitrogens is 1. The van der Waals surface area contributed by atoms with Crippen molar-refractivity contribution < 1.29 is 4.79 Å². The van der Waals surface area contributed by atoms with Gasteiger partial charge in [-0.25, -0.2) is 0 Å². The van der Waals surface area contributed by atoms with Crippen LogP contribution in [0.25, 0.3) is 10.9 Å². The Labute approximate surface area is 154 Å². The smallest absolute Gasteiger partial charge is 0.227 e. The van der Waals surface area contributed by atoms with E-state index in [9.17, 15) is 4.79 Å². The van der Waals surface area contributed by atoms with Gasteiger partial charge in [0.1, 0.15) is 0 Å². The summed E-state index contributed by atoms with van der Waals surface area (Å²) < 4.78 is 0. The molecule has 134 valence electrons. The van der Waals surface area contributed by atoms with Gasteiger partial charge < -0.3 is 14.8 Å². The Balaban J connectivity index is 1.45. The average Bonchev–Trinajstić information content (AvgIpc) is 2.97. The maximum Gasteiger partial charge on any atom is 0.227 e. The summed E-state index contributed by atoms with van der Waals surface area (Å²) in [4.78, 5) is 20.7. The molecule has 4 nitrogen and oxygen atoms in total. The standard InChI is InChI=1S/C22H25N3O/c1-16-8-9-21-20(14-16)19(17(2)23-21)15-22(26)25-12-10-24(11-13-25)18-6-4-3-5-7-18/h3-9,14,23H,10-13,15H2,1-2H3. The Morgan fingerprint density at radius 1 is 1.00 bits per heavy atom. The van der Waals surface area contributed by atoms with Crippen LogP contribution in [0.15, 0.2) is 48.5 Å². The van der Waals surface area contributed by atoms with Crippen LogP contribution in [0, 0.1) is 13.8 Å². The fourth-order valence-electron chi connectivity index (χ4n) is 3.84. The van der Waals surface area contributed by atoms with E-state index < -0.39 is 0 Å². The van der Waals surface area contributed by atoms with Gasteiger partial charge in [0.2, 0.25) is 5.91 Å². The topological polar surface area (TPSA) is 39.3 Å². The number of hydrogen-bond acceptors (Lipinski definition) is 2. The molecule has 0 spiro atoms. The van der Waals surface area contributed by atoms with Crippen LogP contribution in [0.3, 0.4) is 0 Å². The van der Waals surface area contributed by atoms with Crippen molar-refractivity contribution in [3.8, 4) is 0 Å². The van der Waals surface area contributed by atoms with E-state index in [1.54, 1.807) is 0 Å². The third kappa shape index (κ3) is 3.19. The number of aromatic amines is 1. The first-order chi connectivity index (χ1) is 12.6. The number of anilines is 1. The quantitative estimate of drug-likeness (QED) is 0.785. The fraction of sp³-hybridized carbons (Fsp3) is 0.318. The molecule has 0 unspecified atom stereocenters. The van der Waals surface area contributed by atoms with Crippen LogP contribution < -0.4 is 4.90 Å². The molecule has 2 aromatic carbocycles. The summed E-state index contributed by atoms with van der Waals surface area (Å²) in [7, 11) is 0. The molecule has 0 atom stereocenters. The second-order valence-electron chi connectivity index (χ2n) is 7.16. The SMILES string of the molecule is Cc1ccc2[nH]c(C)c(CC(=O)N3CCN(c4ccccc4)CC3)c2c1. The van der Waals surface area contributed by atoms with Crippen LogP contribution in [0.1, 0.15) is 16.8 Å². The van der Waals surface area contributed by atoms with Crippen molar-refractivity contribution in [1.82, 2.24) is 9.88 Å². The maximum atomic E-state index is 12.9. The number of nitrogens with one attached hydrogen (secondary N) is 1.